The van der Waals surface area contributed by atoms with Crippen LogP contribution in [0.15, 0.2) is 17.2 Å². The maximum atomic E-state index is 11.8. The molecule has 0 radical (unpaired) electrons. The fourth-order valence-corrected chi connectivity index (χ4v) is 2.01. The Labute approximate surface area is 117 Å². The van der Waals surface area contributed by atoms with Crippen LogP contribution >= 0.6 is 0 Å². The summed E-state index contributed by atoms with van der Waals surface area (Å²) in [5, 5.41) is 10.1. The number of nitrogens with one attached hydrogen (secondary N) is 1. The largest absolute Gasteiger partial charge is 0.507 e. The van der Waals surface area contributed by atoms with Gasteiger partial charge < -0.3 is 15.0 Å². The van der Waals surface area contributed by atoms with Crippen molar-refractivity contribution in [3.8, 4) is 17.0 Å². The lowest BCUT2D eigenvalue weighted by atomic mass is 10.0. The topological polar surface area (TPSA) is 82.1 Å². The molecule has 6 nitrogen and oxygen atoms in total. The Bertz CT molecular complexity index is 675. The van der Waals surface area contributed by atoms with Crippen LogP contribution in [0.1, 0.15) is 18.1 Å². The van der Waals surface area contributed by atoms with Crippen molar-refractivity contribution >= 4 is 5.95 Å². The quantitative estimate of drug-likeness (QED) is 0.885. The number of aromatic amines is 1. The first-order chi connectivity index (χ1) is 9.45. The molecule has 0 fully saturated rings. The van der Waals surface area contributed by atoms with Crippen molar-refractivity contribution in [3.63, 3.8) is 0 Å². The average Bonchev–Trinajstić information content (AvgIpc) is 2.44. The van der Waals surface area contributed by atoms with Gasteiger partial charge in [0, 0.05) is 37.6 Å². The minimum Gasteiger partial charge on any atom is -0.507 e. The van der Waals surface area contributed by atoms with Crippen molar-refractivity contribution in [2.75, 3.05) is 19.0 Å². The van der Waals surface area contributed by atoms with E-state index in [2.05, 4.69) is 15.0 Å². The maximum absolute atomic E-state index is 11.8. The van der Waals surface area contributed by atoms with E-state index < -0.39 is 0 Å². The summed E-state index contributed by atoms with van der Waals surface area (Å²) in [5.74, 6) is 0.633. The predicted molar refractivity (Wildman–Crippen MR) is 78.2 cm³/mol. The van der Waals surface area contributed by atoms with Crippen molar-refractivity contribution in [3.05, 3.63) is 33.9 Å². The van der Waals surface area contributed by atoms with Crippen LogP contribution < -0.4 is 10.5 Å². The van der Waals surface area contributed by atoms with Gasteiger partial charge in [-0.15, -0.1) is 0 Å². The summed E-state index contributed by atoms with van der Waals surface area (Å²) >= 11 is 0. The summed E-state index contributed by atoms with van der Waals surface area (Å²) in [6, 6.07) is 0. The zero-order chi connectivity index (χ0) is 14.9. The molecule has 0 saturated carbocycles. The number of H-pyrrole nitrogens is 1. The molecule has 20 heavy (non-hydrogen) atoms. The third kappa shape index (κ3) is 2.36. The Hall–Kier alpha value is -2.37. The van der Waals surface area contributed by atoms with Gasteiger partial charge in [0.15, 0.2) is 0 Å². The number of nitrogens with zero attached hydrogens (tertiary/aromatic N) is 3. The van der Waals surface area contributed by atoms with Crippen molar-refractivity contribution in [2.24, 2.45) is 0 Å². The monoisotopic (exact) mass is 274 g/mol. The van der Waals surface area contributed by atoms with Crippen LogP contribution in [0.4, 0.5) is 5.95 Å². The molecule has 2 rings (SSSR count). The second-order valence-corrected chi connectivity index (χ2v) is 4.80. The van der Waals surface area contributed by atoms with E-state index in [1.54, 1.807) is 24.2 Å². The van der Waals surface area contributed by atoms with Gasteiger partial charge in [0.25, 0.3) is 5.56 Å². The van der Waals surface area contributed by atoms with Gasteiger partial charge in [0.2, 0.25) is 5.95 Å². The van der Waals surface area contributed by atoms with Crippen LogP contribution in [0, 0.1) is 6.92 Å². The number of hydrogen-bond donors (Lipinski definition) is 2. The SMILES string of the molecule is CCc1c(-c2cnc(N(C)C)nc2)[nH]c(=O)c(C)c1O. The third-order valence-corrected chi connectivity index (χ3v) is 3.20. The van der Waals surface area contributed by atoms with Gasteiger partial charge >= 0.3 is 0 Å². The highest BCUT2D eigenvalue weighted by atomic mass is 16.3. The summed E-state index contributed by atoms with van der Waals surface area (Å²) in [7, 11) is 3.71. The summed E-state index contributed by atoms with van der Waals surface area (Å²) < 4.78 is 0. The third-order valence-electron chi connectivity index (χ3n) is 3.20. The van der Waals surface area contributed by atoms with Crippen molar-refractivity contribution in [1.82, 2.24) is 15.0 Å². The van der Waals surface area contributed by atoms with Gasteiger partial charge in [-0.05, 0) is 13.3 Å². The molecule has 0 amide bonds. The molecule has 0 aliphatic heterocycles. The van der Waals surface area contributed by atoms with Crippen molar-refractivity contribution in [1.29, 1.82) is 0 Å². The minimum absolute atomic E-state index is 0.0444. The van der Waals surface area contributed by atoms with E-state index in [4.69, 9.17) is 0 Å². The van der Waals surface area contributed by atoms with Gasteiger partial charge in [0.1, 0.15) is 5.75 Å². The van der Waals surface area contributed by atoms with Crippen molar-refractivity contribution < 1.29 is 5.11 Å². The fourth-order valence-electron chi connectivity index (χ4n) is 2.01. The van der Waals surface area contributed by atoms with Crippen LogP contribution in [0.2, 0.25) is 0 Å². The molecule has 0 atom stereocenters. The van der Waals surface area contributed by atoms with E-state index >= 15 is 0 Å². The molecule has 0 aliphatic rings. The predicted octanol–water partition coefficient (Wildman–Crippen LogP) is 1.47. The first kappa shape index (κ1) is 14.0. The van der Waals surface area contributed by atoms with E-state index in [0.717, 1.165) is 0 Å². The molecule has 0 saturated heterocycles. The molecule has 2 heterocycles. The van der Waals surface area contributed by atoms with Crippen LogP contribution in [-0.4, -0.2) is 34.2 Å². The Morgan fingerprint density at radius 2 is 1.90 bits per heavy atom. The lowest BCUT2D eigenvalue weighted by Crippen LogP contribution is -2.14. The molecule has 2 aromatic heterocycles. The Morgan fingerprint density at radius 3 is 2.40 bits per heavy atom. The van der Waals surface area contributed by atoms with E-state index in [-0.39, 0.29) is 11.3 Å². The Kier molecular flexibility index (Phi) is 3.74. The Morgan fingerprint density at radius 1 is 1.30 bits per heavy atom. The first-order valence-electron chi connectivity index (χ1n) is 6.40. The summed E-state index contributed by atoms with van der Waals surface area (Å²) in [4.78, 5) is 24.8. The number of pyridine rings is 1. The van der Waals surface area contributed by atoms with Crippen LogP contribution in [0.3, 0.4) is 0 Å². The lowest BCUT2D eigenvalue weighted by molar-refractivity contribution is 0.463. The van der Waals surface area contributed by atoms with Crippen molar-refractivity contribution in [2.45, 2.75) is 20.3 Å². The highest BCUT2D eigenvalue weighted by molar-refractivity contribution is 5.65. The first-order valence-corrected chi connectivity index (χ1v) is 6.40. The average molecular weight is 274 g/mol. The molecule has 0 bridgehead atoms. The van der Waals surface area contributed by atoms with Gasteiger partial charge in [0.05, 0.1) is 11.3 Å². The highest BCUT2D eigenvalue weighted by Crippen LogP contribution is 2.28. The highest BCUT2D eigenvalue weighted by Gasteiger charge is 2.15. The zero-order valence-electron chi connectivity index (χ0n) is 12.1. The number of aromatic hydroxyl groups is 1. The van der Waals surface area contributed by atoms with E-state index in [1.165, 1.54) is 0 Å². The van der Waals surface area contributed by atoms with Gasteiger partial charge in [-0.1, -0.05) is 6.92 Å². The van der Waals surface area contributed by atoms with Crippen LogP contribution in [-0.2, 0) is 6.42 Å². The van der Waals surface area contributed by atoms with Crippen LogP contribution in [0.25, 0.3) is 11.3 Å². The smallest absolute Gasteiger partial charge is 0.255 e. The molecule has 106 valence electrons. The van der Waals surface area contributed by atoms with Gasteiger partial charge in [-0.2, -0.15) is 0 Å². The zero-order valence-corrected chi connectivity index (χ0v) is 12.1. The molecule has 0 aliphatic carbocycles. The number of rotatable bonds is 3. The van der Waals surface area contributed by atoms with E-state index in [0.29, 0.717) is 34.8 Å². The van der Waals surface area contributed by atoms with Gasteiger partial charge in [-0.3, -0.25) is 4.79 Å². The molecule has 0 aromatic carbocycles. The molecular weight excluding hydrogens is 256 g/mol. The second-order valence-electron chi connectivity index (χ2n) is 4.80. The summed E-state index contributed by atoms with van der Waals surface area (Å²) in [6.07, 6.45) is 3.89. The normalized spacial score (nSPS) is 10.6. The lowest BCUT2D eigenvalue weighted by Gasteiger charge is -2.13. The van der Waals surface area contributed by atoms with Gasteiger partial charge in [-0.25, -0.2) is 9.97 Å². The number of hydrogen-bond acceptors (Lipinski definition) is 5. The summed E-state index contributed by atoms with van der Waals surface area (Å²) in [6.45, 7) is 3.52. The molecule has 2 aromatic rings. The second kappa shape index (κ2) is 5.32. The molecule has 0 spiro atoms. The maximum Gasteiger partial charge on any atom is 0.255 e. The molecule has 0 unspecified atom stereocenters. The molecular formula is C14H18N4O2. The van der Waals surface area contributed by atoms with E-state index in [1.807, 2.05) is 21.0 Å². The van der Waals surface area contributed by atoms with E-state index in [9.17, 15) is 9.90 Å². The minimum atomic E-state index is -0.300. The fraction of sp³-hybridized carbons (Fsp3) is 0.357. The standard InChI is InChI=1S/C14H18N4O2/c1-5-10-11(17-13(20)8(2)12(10)19)9-6-15-14(16-7-9)18(3)4/h6-7H,5H2,1-4H3,(H2,17,19,20). The number of anilines is 1. The molecule has 6 heteroatoms. The molecule has 2 N–H and O–H groups in total. The number of aromatic nitrogens is 3. The van der Waals surface area contributed by atoms with Crippen LogP contribution in [0.5, 0.6) is 5.75 Å². The summed E-state index contributed by atoms with van der Waals surface area (Å²) in [5.41, 5.74) is 1.98. The Balaban J connectivity index is 2.60.